The molecule has 0 aliphatic rings. The molecule has 2 rings (SSSR count). The van der Waals surface area contributed by atoms with E-state index in [9.17, 15) is 4.39 Å². The van der Waals surface area contributed by atoms with E-state index in [1.165, 1.54) is 13.2 Å². The first-order chi connectivity index (χ1) is 12.2. The number of aliphatic imine (C=N–C) groups is 1. The Morgan fingerprint density at radius 2 is 2.07 bits per heavy atom. The number of halogens is 2. The molecule has 1 aromatic carbocycles. The molecule has 0 radical (unpaired) electrons. The molecule has 0 amide bonds. The van der Waals surface area contributed by atoms with Crippen LogP contribution in [0.1, 0.15) is 37.0 Å². The van der Waals surface area contributed by atoms with Crippen LogP contribution >= 0.6 is 35.3 Å². The van der Waals surface area contributed by atoms with Crippen molar-refractivity contribution in [2.45, 2.75) is 39.3 Å². The molecule has 150 valence electrons. The summed E-state index contributed by atoms with van der Waals surface area (Å²) in [6, 6.07) is 4.97. The van der Waals surface area contributed by atoms with E-state index >= 15 is 0 Å². The molecule has 5 nitrogen and oxygen atoms in total. The number of guanidine groups is 1. The third-order valence-corrected chi connectivity index (χ3v) is 4.78. The summed E-state index contributed by atoms with van der Waals surface area (Å²) < 4.78 is 18.8. The number of hydrogen-bond donors (Lipinski definition) is 1. The van der Waals surface area contributed by atoms with Crippen LogP contribution in [-0.2, 0) is 18.5 Å². The minimum Gasteiger partial charge on any atom is -0.494 e. The maximum absolute atomic E-state index is 13.9. The van der Waals surface area contributed by atoms with Crippen LogP contribution in [0.5, 0.6) is 5.75 Å². The van der Waals surface area contributed by atoms with Crippen molar-refractivity contribution in [1.29, 1.82) is 0 Å². The van der Waals surface area contributed by atoms with Crippen LogP contribution in [0, 0.1) is 5.82 Å². The molecular formula is C19H28FIN4OS. The number of thiazole rings is 1. The summed E-state index contributed by atoms with van der Waals surface area (Å²) in [6.45, 7) is 7.60. The normalized spacial score (nSPS) is 11.7. The third-order valence-electron chi connectivity index (χ3n) is 3.93. The van der Waals surface area contributed by atoms with Gasteiger partial charge in [-0.1, -0.05) is 26.8 Å². The van der Waals surface area contributed by atoms with Crippen LogP contribution < -0.4 is 10.1 Å². The van der Waals surface area contributed by atoms with Crippen LogP contribution in [-0.4, -0.2) is 37.0 Å². The Balaban J connectivity index is 0.00000364. The van der Waals surface area contributed by atoms with Crippen molar-refractivity contribution >= 4 is 41.3 Å². The van der Waals surface area contributed by atoms with E-state index in [4.69, 9.17) is 4.74 Å². The highest BCUT2D eigenvalue weighted by Gasteiger charge is 2.17. The van der Waals surface area contributed by atoms with Crippen LogP contribution in [0.15, 0.2) is 28.6 Å². The summed E-state index contributed by atoms with van der Waals surface area (Å²) >= 11 is 1.64. The molecule has 8 heteroatoms. The Hall–Kier alpha value is -1.42. The summed E-state index contributed by atoms with van der Waals surface area (Å²) in [5, 5.41) is 6.43. The molecule has 0 saturated carbocycles. The molecule has 1 N–H and O–H groups in total. The van der Waals surface area contributed by atoms with Crippen molar-refractivity contribution in [3.63, 3.8) is 0 Å². The first kappa shape index (κ1) is 23.6. The van der Waals surface area contributed by atoms with E-state index in [0.717, 1.165) is 22.2 Å². The zero-order valence-corrected chi connectivity index (χ0v) is 19.8. The quantitative estimate of drug-likeness (QED) is 0.371. The number of hydrogen-bond acceptors (Lipinski definition) is 4. The average Bonchev–Trinajstić information content (AvgIpc) is 3.05. The summed E-state index contributed by atoms with van der Waals surface area (Å²) in [4.78, 5) is 10.9. The number of benzene rings is 1. The minimum absolute atomic E-state index is 0. The summed E-state index contributed by atoms with van der Waals surface area (Å²) in [7, 11) is 5.11. The number of ether oxygens (including phenoxy) is 1. The van der Waals surface area contributed by atoms with Gasteiger partial charge in [0.2, 0.25) is 0 Å². The Bertz CT molecular complexity index is 773. The largest absolute Gasteiger partial charge is 0.494 e. The molecule has 0 fully saturated rings. The topological polar surface area (TPSA) is 49.8 Å². The maximum Gasteiger partial charge on any atom is 0.194 e. The van der Waals surface area contributed by atoms with Crippen LogP contribution in [0.25, 0.3) is 0 Å². The highest BCUT2D eigenvalue weighted by Crippen LogP contribution is 2.24. The molecule has 1 aromatic heterocycles. The predicted octanol–water partition coefficient (Wildman–Crippen LogP) is 4.41. The number of nitrogens with zero attached hydrogens (tertiary/aromatic N) is 3. The van der Waals surface area contributed by atoms with Crippen molar-refractivity contribution < 1.29 is 9.13 Å². The molecule has 1 heterocycles. The van der Waals surface area contributed by atoms with Crippen molar-refractivity contribution in [3.8, 4) is 5.75 Å². The standard InChI is InChI=1S/C19H27FN4OS.HI/c1-19(2,3)16-12-26-17(23-16)10-22-18(21-4)24(5)11-13-7-8-15(25-6)14(20)9-13;/h7-9,12H,10-11H2,1-6H3,(H,21,22);1H. The second-order valence-corrected chi connectivity index (χ2v) is 8.04. The molecule has 0 atom stereocenters. The highest BCUT2D eigenvalue weighted by molar-refractivity contribution is 14.0. The molecule has 0 aliphatic carbocycles. The fourth-order valence-electron chi connectivity index (χ4n) is 2.43. The summed E-state index contributed by atoms with van der Waals surface area (Å²) in [5.41, 5.74) is 1.99. The molecule has 0 aliphatic heterocycles. The Morgan fingerprint density at radius 1 is 1.37 bits per heavy atom. The van der Waals surface area contributed by atoms with Gasteiger partial charge in [0.1, 0.15) is 5.01 Å². The van der Waals surface area contributed by atoms with E-state index in [2.05, 4.69) is 41.4 Å². The third kappa shape index (κ3) is 6.60. The van der Waals surface area contributed by atoms with Gasteiger partial charge in [-0.25, -0.2) is 9.37 Å². The lowest BCUT2D eigenvalue weighted by Gasteiger charge is -2.22. The van der Waals surface area contributed by atoms with Gasteiger partial charge < -0.3 is 15.0 Å². The van der Waals surface area contributed by atoms with Gasteiger partial charge in [0.25, 0.3) is 0 Å². The minimum atomic E-state index is -0.362. The second-order valence-electron chi connectivity index (χ2n) is 7.10. The number of aromatic nitrogens is 1. The van der Waals surface area contributed by atoms with Gasteiger partial charge >= 0.3 is 0 Å². The smallest absolute Gasteiger partial charge is 0.194 e. The van der Waals surface area contributed by atoms with Gasteiger partial charge in [0, 0.05) is 31.4 Å². The van der Waals surface area contributed by atoms with Gasteiger partial charge in [-0.05, 0) is 17.7 Å². The Kier molecular flexibility index (Phi) is 8.93. The van der Waals surface area contributed by atoms with Crippen LogP contribution in [0.4, 0.5) is 4.39 Å². The van der Waals surface area contributed by atoms with Crippen molar-refractivity contribution in [2.24, 2.45) is 4.99 Å². The SMILES string of the molecule is CN=C(NCc1nc(C(C)(C)C)cs1)N(C)Cc1ccc(OC)c(F)c1.I. The fourth-order valence-corrected chi connectivity index (χ4v) is 3.39. The zero-order chi connectivity index (χ0) is 19.3. The van der Waals surface area contributed by atoms with E-state index in [1.54, 1.807) is 24.5 Å². The summed E-state index contributed by atoms with van der Waals surface area (Å²) in [5.74, 6) is 0.616. The van der Waals surface area contributed by atoms with Gasteiger partial charge in [-0.3, -0.25) is 4.99 Å². The lowest BCUT2D eigenvalue weighted by Crippen LogP contribution is -2.38. The molecule has 27 heavy (non-hydrogen) atoms. The Morgan fingerprint density at radius 3 is 2.59 bits per heavy atom. The second kappa shape index (κ2) is 10.2. The maximum atomic E-state index is 13.9. The van der Waals surface area contributed by atoms with Crippen molar-refractivity contribution in [3.05, 3.63) is 45.7 Å². The number of rotatable bonds is 5. The van der Waals surface area contributed by atoms with Gasteiger partial charge in [-0.15, -0.1) is 35.3 Å². The zero-order valence-electron chi connectivity index (χ0n) is 16.7. The molecule has 0 saturated heterocycles. The Labute approximate surface area is 182 Å². The first-order valence-corrected chi connectivity index (χ1v) is 9.31. The lowest BCUT2D eigenvalue weighted by molar-refractivity contribution is 0.385. The lowest BCUT2D eigenvalue weighted by atomic mass is 9.93. The summed E-state index contributed by atoms with van der Waals surface area (Å²) in [6.07, 6.45) is 0. The van der Waals surface area contributed by atoms with E-state index in [0.29, 0.717) is 13.1 Å². The van der Waals surface area contributed by atoms with Gasteiger partial charge in [0.05, 0.1) is 19.3 Å². The number of nitrogens with one attached hydrogen (secondary N) is 1. The van der Waals surface area contributed by atoms with E-state index < -0.39 is 0 Å². The van der Waals surface area contributed by atoms with Gasteiger partial charge in [0.15, 0.2) is 17.5 Å². The van der Waals surface area contributed by atoms with Crippen LogP contribution in [0.3, 0.4) is 0 Å². The monoisotopic (exact) mass is 506 g/mol. The van der Waals surface area contributed by atoms with Crippen molar-refractivity contribution in [2.75, 3.05) is 21.2 Å². The molecule has 0 bridgehead atoms. The molecule has 2 aromatic rings. The number of methoxy groups -OCH3 is 1. The first-order valence-electron chi connectivity index (χ1n) is 8.43. The van der Waals surface area contributed by atoms with Crippen molar-refractivity contribution in [1.82, 2.24) is 15.2 Å². The molecule has 0 spiro atoms. The molecule has 0 unspecified atom stereocenters. The van der Waals surface area contributed by atoms with E-state index in [1.807, 2.05) is 18.0 Å². The predicted molar refractivity (Wildman–Crippen MR) is 121 cm³/mol. The van der Waals surface area contributed by atoms with Crippen LogP contribution in [0.2, 0.25) is 0 Å². The molecular weight excluding hydrogens is 478 g/mol. The van der Waals surface area contributed by atoms with Gasteiger partial charge in [-0.2, -0.15) is 0 Å². The van der Waals surface area contributed by atoms with E-state index in [-0.39, 0.29) is 41.0 Å². The highest BCUT2D eigenvalue weighted by atomic mass is 127. The fraction of sp³-hybridized carbons (Fsp3) is 0.474. The average molecular weight is 506 g/mol.